The summed E-state index contributed by atoms with van der Waals surface area (Å²) in [6.45, 7) is 4.02. The van der Waals surface area contributed by atoms with Gasteiger partial charge in [-0.3, -0.25) is 0 Å². The maximum absolute atomic E-state index is 5.12. The fourth-order valence-electron chi connectivity index (χ4n) is 0.645. The standard InChI is InChI=1S/C8H10O/c1-3-7(2)8-5-4-6-9-8/h3-6H,1-2H3. The van der Waals surface area contributed by atoms with Gasteiger partial charge in [-0.2, -0.15) is 0 Å². The summed E-state index contributed by atoms with van der Waals surface area (Å²) in [6.07, 6.45) is 3.71. The smallest absolute Gasteiger partial charge is 0.129 e. The molecular weight excluding hydrogens is 112 g/mol. The van der Waals surface area contributed by atoms with E-state index in [2.05, 4.69) is 0 Å². The van der Waals surface area contributed by atoms with E-state index < -0.39 is 0 Å². The van der Waals surface area contributed by atoms with Crippen LogP contribution in [0.15, 0.2) is 28.9 Å². The molecule has 0 aromatic carbocycles. The van der Waals surface area contributed by atoms with E-state index in [1.54, 1.807) is 6.26 Å². The Morgan fingerprint density at radius 2 is 2.44 bits per heavy atom. The molecule has 1 heterocycles. The lowest BCUT2D eigenvalue weighted by Gasteiger charge is -1.89. The van der Waals surface area contributed by atoms with Gasteiger partial charge in [0.1, 0.15) is 5.76 Å². The predicted molar refractivity (Wildman–Crippen MR) is 38.0 cm³/mol. The van der Waals surface area contributed by atoms with Crippen molar-refractivity contribution in [3.05, 3.63) is 30.2 Å². The van der Waals surface area contributed by atoms with Gasteiger partial charge in [0.25, 0.3) is 0 Å². The highest BCUT2D eigenvalue weighted by atomic mass is 16.3. The molecule has 0 amide bonds. The van der Waals surface area contributed by atoms with Gasteiger partial charge in [0, 0.05) is 0 Å². The van der Waals surface area contributed by atoms with E-state index in [-0.39, 0.29) is 0 Å². The Morgan fingerprint density at radius 1 is 1.67 bits per heavy atom. The molecule has 0 unspecified atom stereocenters. The zero-order valence-electron chi connectivity index (χ0n) is 5.72. The maximum atomic E-state index is 5.12. The molecule has 0 aliphatic carbocycles. The van der Waals surface area contributed by atoms with E-state index in [1.165, 1.54) is 5.57 Å². The van der Waals surface area contributed by atoms with Crippen LogP contribution >= 0.6 is 0 Å². The van der Waals surface area contributed by atoms with Gasteiger partial charge in [-0.1, -0.05) is 6.08 Å². The van der Waals surface area contributed by atoms with E-state index in [9.17, 15) is 0 Å². The Hall–Kier alpha value is -0.980. The Kier molecular flexibility index (Phi) is 1.73. The van der Waals surface area contributed by atoms with Gasteiger partial charge < -0.3 is 4.42 Å². The van der Waals surface area contributed by atoms with E-state index in [0.29, 0.717) is 0 Å². The van der Waals surface area contributed by atoms with E-state index in [4.69, 9.17) is 4.42 Å². The fourth-order valence-corrected chi connectivity index (χ4v) is 0.645. The second-order valence-electron chi connectivity index (χ2n) is 1.95. The van der Waals surface area contributed by atoms with Gasteiger partial charge in [-0.05, 0) is 31.6 Å². The number of allylic oxidation sites excluding steroid dienone is 2. The average molecular weight is 122 g/mol. The van der Waals surface area contributed by atoms with E-state index >= 15 is 0 Å². The zero-order chi connectivity index (χ0) is 6.69. The first-order valence-electron chi connectivity index (χ1n) is 3.01. The summed E-state index contributed by atoms with van der Waals surface area (Å²) in [4.78, 5) is 0. The minimum absolute atomic E-state index is 0.956. The molecule has 48 valence electrons. The first-order chi connectivity index (χ1) is 4.34. The Balaban J connectivity index is 2.90. The van der Waals surface area contributed by atoms with Crippen LogP contribution in [0.3, 0.4) is 0 Å². The molecule has 0 saturated carbocycles. The Labute approximate surface area is 55.0 Å². The molecule has 0 aliphatic rings. The second-order valence-corrected chi connectivity index (χ2v) is 1.95. The highest BCUT2D eigenvalue weighted by Gasteiger charge is 1.93. The molecule has 0 saturated heterocycles. The number of hydrogen-bond acceptors (Lipinski definition) is 1. The molecule has 0 spiro atoms. The third kappa shape index (κ3) is 1.22. The third-order valence-electron chi connectivity index (χ3n) is 1.34. The molecule has 0 aliphatic heterocycles. The van der Waals surface area contributed by atoms with Crippen molar-refractivity contribution >= 4 is 5.57 Å². The van der Waals surface area contributed by atoms with Crippen LogP contribution in [-0.4, -0.2) is 0 Å². The molecule has 0 fully saturated rings. The number of rotatable bonds is 1. The minimum atomic E-state index is 0.956. The highest BCUT2D eigenvalue weighted by Crippen LogP contribution is 2.12. The number of hydrogen-bond donors (Lipinski definition) is 0. The van der Waals surface area contributed by atoms with Crippen LogP contribution in [0, 0.1) is 0 Å². The van der Waals surface area contributed by atoms with Gasteiger partial charge in [-0.15, -0.1) is 0 Å². The summed E-state index contributed by atoms with van der Waals surface area (Å²) in [5.41, 5.74) is 1.18. The number of furan rings is 1. The molecule has 1 rings (SSSR count). The van der Waals surface area contributed by atoms with Gasteiger partial charge in [0.15, 0.2) is 0 Å². The molecule has 0 radical (unpaired) electrons. The van der Waals surface area contributed by atoms with Crippen molar-refractivity contribution in [3.8, 4) is 0 Å². The Bertz CT molecular complexity index is 194. The van der Waals surface area contributed by atoms with Crippen molar-refractivity contribution in [1.29, 1.82) is 0 Å². The summed E-state index contributed by atoms with van der Waals surface area (Å²) in [5.74, 6) is 0.956. The average Bonchev–Trinajstić information content (AvgIpc) is 2.37. The lowest BCUT2D eigenvalue weighted by Crippen LogP contribution is -1.68. The SMILES string of the molecule is CC=C(C)c1ccco1. The van der Waals surface area contributed by atoms with Crippen LogP contribution < -0.4 is 0 Å². The van der Waals surface area contributed by atoms with Crippen LogP contribution in [0.1, 0.15) is 19.6 Å². The topological polar surface area (TPSA) is 13.1 Å². The van der Waals surface area contributed by atoms with Crippen molar-refractivity contribution in [3.63, 3.8) is 0 Å². The predicted octanol–water partition coefficient (Wildman–Crippen LogP) is 2.70. The van der Waals surface area contributed by atoms with Crippen molar-refractivity contribution < 1.29 is 4.42 Å². The monoisotopic (exact) mass is 122 g/mol. The molecular formula is C8H10O. The second kappa shape index (κ2) is 2.53. The van der Waals surface area contributed by atoms with Crippen molar-refractivity contribution in [2.45, 2.75) is 13.8 Å². The quantitative estimate of drug-likeness (QED) is 0.558. The normalized spacial score (nSPS) is 12.0. The van der Waals surface area contributed by atoms with Crippen molar-refractivity contribution in [2.24, 2.45) is 0 Å². The zero-order valence-corrected chi connectivity index (χ0v) is 5.72. The molecule has 1 aromatic rings. The third-order valence-corrected chi connectivity index (χ3v) is 1.34. The van der Waals surface area contributed by atoms with E-state index in [1.807, 2.05) is 32.1 Å². The lowest BCUT2D eigenvalue weighted by atomic mass is 10.2. The lowest BCUT2D eigenvalue weighted by molar-refractivity contribution is 0.552. The minimum Gasteiger partial charge on any atom is -0.465 e. The summed E-state index contributed by atoms with van der Waals surface area (Å²) < 4.78 is 5.12. The Morgan fingerprint density at radius 3 is 2.89 bits per heavy atom. The van der Waals surface area contributed by atoms with Gasteiger partial charge in [-0.25, -0.2) is 0 Å². The molecule has 9 heavy (non-hydrogen) atoms. The molecule has 0 atom stereocenters. The summed E-state index contributed by atoms with van der Waals surface area (Å²) in [7, 11) is 0. The molecule has 1 heteroatoms. The van der Waals surface area contributed by atoms with Gasteiger partial charge >= 0.3 is 0 Å². The fraction of sp³-hybridized carbons (Fsp3) is 0.250. The first-order valence-corrected chi connectivity index (χ1v) is 3.01. The van der Waals surface area contributed by atoms with Crippen LogP contribution in [-0.2, 0) is 0 Å². The van der Waals surface area contributed by atoms with Gasteiger partial charge in [0.05, 0.1) is 6.26 Å². The van der Waals surface area contributed by atoms with Crippen LogP contribution in [0.5, 0.6) is 0 Å². The molecule has 0 N–H and O–H groups in total. The molecule has 1 aromatic heterocycles. The van der Waals surface area contributed by atoms with Crippen LogP contribution in [0.2, 0.25) is 0 Å². The molecule has 0 bridgehead atoms. The molecule has 1 nitrogen and oxygen atoms in total. The van der Waals surface area contributed by atoms with Crippen LogP contribution in [0.25, 0.3) is 5.57 Å². The largest absolute Gasteiger partial charge is 0.465 e. The summed E-state index contributed by atoms with van der Waals surface area (Å²) in [5, 5.41) is 0. The van der Waals surface area contributed by atoms with E-state index in [0.717, 1.165) is 5.76 Å². The maximum Gasteiger partial charge on any atom is 0.129 e. The van der Waals surface area contributed by atoms with Crippen molar-refractivity contribution in [2.75, 3.05) is 0 Å². The van der Waals surface area contributed by atoms with Crippen molar-refractivity contribution in [1.82, 2.24) is 0 Å². The summed E-state index contributed by atoms with van der Waals surface area (Å²) >= 11 is 0. The van der Waals surface area contributed by atoms with Gasteiger partial charge in [0.2, 0.25) is 0 Å². The first kappa shape index (κ1) is 6.14. The highest BCUT2D eigenvalue weighted by molar-refractivity contribution is 5.58. The van der Waals surface area contributed by atoms with Crippen LogP contribution in [0.4, 0.5) is 0 Å². The summed E-state index contributed by atoms with van der Waals surface area (Å²) in [6, 6.07) is 3.84.